The Kier molecular flexibility index (Phi) is 4.52. The van der Waals surface area contributed by atoms with Crippen molar-refractivity contribution in [3.8, 4) is 0 Å². The predicted molar refractivity (Wildman–Crippen MR) is 66.7 cm³/mol. The average Bonchev–Trinajstić information content (AvgIpc) is 2.29. The van der Waals surface area contributed by atoms with Gasteiger partial charge in [-0.1, -0.05) is 11.6 Å². The van der Waals surface area contributed by atoms with Gasteiger partial charge in [-0.25, -0.2) is 9.59 Å². The number of carboxylic acids is 1. The summed E-state index contributed by atoms with van der Waals surface area (Å²) in [5.74, 6) is -1.41. The van der Waals surface area contributed by atoms with Crippen LogP contribution in [-0.4, -0.2) is 34.4 Å². The number of benzene rings is 1. The first-order valence-electron chi connectivity index (χ1n) is 5.07. The molecule has 0 aromatic heterocycles. The highest BCUT2D eigenvalue weighted by atomic mass is 35.5. The number of hydrogen-bond donors (Lipinski definition) is 4. The Labute approximate surface area is 109 Å². The van der Waals surface area contributed by atoms with Crippen molar-refractivity contribution in [3.63, 3.8) is 0 Å². The molecule has 18 heavy (non-hydrogen) atoms. The smallest absolute Gasteiger partial charge is 0.337 e. The van der Waals surface area contributed by atoms with Crippen molar-refractivity contribution in [3.05, 3.63) is 29.3 Å². The van der Waals surface area contributed by atoms with Crippen LogP contribution < -0.4 is 10.6 Å². The van der Waals surface area contributed by atoms with Gasteiger partial charge in [0.25, 0.3) is 0 Å². The highest BCUT2D eigenvalue weighted by Gasteiger charge is 2.30. The second kappa shape index (κ2) is 5.70. The van der Waals surface area contributed by atoms with E-state index in [1.807, 2.05) is 0 Å². The zero-order chi connectivity index (χ0) is 13.8. The Morgan fingerprint density at radius 3 is 2.39 bits per heavy atom. The van der Waals surface area contributed by atoms with E-state index in [4.69, 9.17) is 16.7 Å². The van der Waals surface area contributed by atoms with Crippen LogP contribution in [0.2, 0.25) is 5.02 Å². The van der Waals surface area contributed by atoms with E-state index in [1.54, 1.807) is 24.3 Å². The number of anilines is 1. The van der Waals surface area contributed by atoms with Crippen LogP contribution in [0.4, 0.5) is 10.5 Å². The Morgan fingerprint density at radius 2 is 1.89 bits per heavy atom. The van der Waals surface area contributed by atoms with Crippen LogP contribution in [0.1, 0.15) is 6.92 Å². The minimum absolute atomic E-state index is 0.401. The summed E-state index contributed by atoms with van der Waals surface area (Å²) in [7, 11) is 0. The van der Waals surface area contributed by atoms with E-state index in [1.165, 1.54) is 0 Å². The molecule has 1 atom stereocenters. The Balaban J connectivity index is 2.48. The number of aliphatic carboxylic acids is 1. The van der Waals surface area contributed by atoms with Gasteiger partial charge in [0, 0.05) is 10.7 Å². The molecule has 0 radical (unpaired) electrons. The zero-order valence-corrected chi connectivity index (χ0v) is 10.4. The fourth-order valence-corrected chi connectivity index (χ4v) is 1.16. The minimum Gasteiger partial charge on any atom is -0.479 e. The van der Waals surface area contributed by atoms with Crippen LogP contribution in [0, 0.1) is 0 Å². The lowest BCUT2D eigenvalue weighted by Gasteiger charge is -2.18. The Hall–Kier alpha value is -1.79. The lowest BCUT2D eigenvalue weighted by atomic mass is 10.1. The van der Waals surface area contributed by atoms with Crippen LogP contribution in [0.25, 0.3) is 0 Å². The largest absolute Gasteiger partial charge is 0.479 e. The highest BCUT2D eigenvalue weighted by Crippen LogP contribution is 2.13. The second-order valence-corrected chi connectivity index (χ2v) is 4.33. The molecule has 0 aliphatic rings. The maximum absolute atomic E-state index is 11.4. The third-order valence-corrected chi connectivity index (χ3v) is 2.41. The average molecular weight is 273 g/mol. The molecule has 1 aromatic rings. The second-order valence-electron chi connectivity index (χ2n) is 3.89. The van der Waals surface area contributed by atoms with Crippen molar-refractivity contribution in [2.75, 3.05) is 11.9 Å². The molecule has 4 N–H and O–H groups in total. The monoisotopic (exact) mass is 272 g/mol. The number of aliphatic hydroxyl groups is 1. The van der Waals surface area contributed by atoms with E-state index in [9.17, 15) is 14.7 Å². The maximum Gasteiger partial charge on any atom is 0.337 e. The van der Waals surface area contributed by atoms with E-state index in [0.29, 0.717) is 10.7 Å². The normalized spacial score (nSPS) is 13.5. The molecule has 0 fully saturated rings. The van der Waals surface area contributed by atoms with Gasteiger partial charge in [-0.15, -0.1) is 0 Å². The summed E-state index contributed by atoms with van der Waals surface area (Å²) in [6, 6.07) is 5.78. The molecule has 1 rings (SSSR count). The molecule has 0 aliphatic carbocycles. The molecule has 6 nitrogen and oxygen atoms in total. The van der Waals surface area contributed by atoms with E-state index < -0.39 is 24.1 Å². The first-order valence-corrected chi connectivity index (χ1v) is 5.45. The number of carboxylic acid groups (broad SMARTS) is 1. The van der Waals surface area contributed by atoms with Crippen molar-refractivity contribution in [1.29, 1.82) is 0 Å². The van der Waals surface area contributed by atoms with Crippen LogP contribution >= 0.6 is 11.6 Å². The molecule has 98 valence electrons. The first kappa shape index (κ1) is 14.3. The summed E-state index contributed by atoms with van der Waals surface area (Å²) >= 11 is 5.68. The lowest BCUT2D eigenvalue weighted by Crippen LogP contribution is -2.47. The van der Waals surface area contributed by atoms with Crippen LogP contribution in [-0.2, 0) is 4.79 Å². The summed E-state index contributed by atoms with van der Waals surface area (Å²) in [6.07, 6.45) is 0. The first-order chi connectivity index (χ1) is 8.31. The van der Waals surface area contributed by atoms with Crippen molar-refractivity contribution in [1.82, 2.24) is 5.32 Å². The van der Waals surface area contributed by atoms with E-state index in [2.05, 4.69) is 10.6 Å². The van der Waals surface area contributed by atoms with Crippen LogP contribution in [0.15, 0.2) is 24.3 Å². The van der Waals surface area contributed by atoms with Gasteiger partial charge < -0.3 is 20.8 Å². The van der Waals surface area contributed by atoms with Gasteiger partial charge in [-0.3, -0.25) is 0 Å². The quantitative estimate of drug-likeness (QED) is 0.664. The van der Waals surface area contributed by atoms with Crippen molar-refractivity contribution in [2.24, 2.45) is 0 Å². The summed E-state index contributed by atoms with van der Waals surface area (Å²) in [6.45, 7) is 0.694. The van der Waals surface area contributed by atoms with Crippen LogP contribution in [0.5, 0.6) is 0 Å². The lowest BCUT2D eigenvalue weighted by molar-refractivity contribution is -0.155. The van der Waals surface area contributed by atoms with Crippen LogP contribution in [0.3, 0.4) is 0 Å². The molecule has 7 heteroatoms. The third kappa shape index (κ3) is 4.23. The molecule has 2 amide bonds. The highest BCUT2D eigenvalue weighted by molar-refractivity contribution is 6.30. The minimum atomic E-state index is -2.00. The summed E-state index contributed by atoms with van der Waals surface area (Å²) in [5, 5.41) is 23.3. The summed E-state index contributed by atoms with van der Waals surface area (Å²) in [4.78, 5) is 22.0. The molecule has 1 aromatic carbocycles. The van der Waals surface area contributed by atoms with Crippen molar-refractivity contribution in [2.45, 2.75) is 12.5 Å². The molecule has 0 heterocycles. The molecular weight excluding hydrogens is 260 g/mol. The number of halogens is 1. The molecule has 0 spiro atoms. The number of carbonyl (C=O) groups excluding carboxylic acids is 1. The molecule has 1 unspecified atom stereocenters. The van der Waals surface area contributed by atoms with E-state index >= 15 is 0 Å². The number of carbonyl (C=O) groups is 2. The maximum atomic E-state index is 11.4. The number of rotatable bonds is 4. The standard InChI is InChI=1S/C11H13ClN2O4/c1-11(18,9(15)16)6-13-10(17)14-8-4-2-7(12)3-5-8/h2-5,18H,6H2,1H3,(H,15,16)(H2,13,14,17). The molecule has 0 aliphatic heterocycles. The van der Waals surface area contributed by atoms with E-state index in [0.717, 1.165) is 6.92 Å². The number of urea groups is 1. The number of amides is 2. The van der Waals surface area contributed by atoms with Gasteiger partial charge in [0.1, 0.15) is 0 Å². The van der Waals surface area contributed by atoms with Crippen molar-refractivity contribution >= 4 is 29.3 Å². The van der Waals surface area contributed by atoms with E-state index in [-0.39, 0.29) is 0 Å². The van der Waals surface area contributed by atoms with Gasteiger partial charge >= 0.3 is 12.0 Å². The third-order valence-electron chi connectivity index (χ3n) is 2.16. The SMILES string of the molecule is CC(O)(CNC(=O)Nc1ccc(Cl)cc1)C(=O)O. The van der Waals surface area contributed by atoms with Crippen molar-refractivity contribution < 1.29 is 19.8 Å². The Morgan fingerprint density at radius 1 is 1.33 bits per heavy atom. The summed E-state index contributed by atoms with van der Waals surface area (Å²) < 4.78 is 0. The van der Waals surface area contributed by atoms with Gasteiger partial charge in [0.05, 0.1) is 6.54 Å². The van der Waals surface area contributed by atoms with Gasteiger partial charge in [-0.2, -0.15) is 0 Å². The fourth-order valence-electron chi connectivity index (χ4n) is 1.04. The van der Waals surface area contributed by atoms with Gasteiger partial charge in [0.15, 0.2) is 5.60 Å². The molecule has 0 saturated heterocycles. The molecule has 0 bridgehead atoms. The van der Waals surface area contributed by atoms with Gasteiger partial charge in [0.2, 0.25) is 0 Å². The predicted octanol–water partition coefficient (Wildman–Crippen LogP) is 1.30. The van der Waals surface area contributed by atoms with Gasteiger partial charge in [-0.05, 0) is 31.2 Å². The molecular formula is C11H13ClN2O4. The number of nitrogens with one attached hydrogen (secondary N) is 2. The summed E-state index contributed by atoms with van der Waals surface area (Å²) in [5.41, 5.74) is -1.50. The topological polar surface area (TPSA) is 98.7 Å². The molecule has 0 saturated carbocycles. The zero-order valence-electron chi connectivity index (χ0n) is 9.61. The Bertz CT molecular complexity index is 445. The number of hydrogen-bond acceptors (Lipinski definition) is 3. The fraction of sp³-hybridized carbons (Fsp3) is 0.273.